The number of nitrogens with one attached hydrogen (secondary N) is 1. The van der Waals surface area contributed by atoms with E-state index in [1.807, 2.05) is 6.07 Å². The van der Waals surface area contributed by atoms with Crippen molar-refractivity contribution in [3.63, 3.8) is 0 Å². The lowest BCUT2D eigenvalue weighted by atomic mass is 9.76. The third kappa shape index (κ3) is 4.78. The number of thioether (sulfide) groups is 1. The van der Waals surface area contributed by atoms with Crippen LogP contribution in [-0.4, -0.2) is 18.7 Å². The molecule has 0 aromatic heterocycles. The van der Waals surface area contributed by atoms with Gasteiger partial charge in [0.2, 0.25) is 5.91 Å². The maximum absolute atomic E-state index is 12.2. The first-order valence-corrected chi connectivity index (χ1v) is 9.24. The van der Waals surface area contributed by atoms with Crippen LogP contribution in [0.2, 0.25) is 0 Å². The lowest BCUT2D eigenvalue weighted by molar-refractivity contribution is -0.127. The summed E-state index contributed by atoms with van der Waals surface area (Å²) >= 11 is 1.76. The van der Waals surface area contributed by atoms with Gasteiger partial charge in [-0.05, 0) is 55.6 Å². The molecule has 118 valence electrons. The van der Waals surface area contributed by atoms with E-state index in [2.05, 4.69) is 35.8 Å². The molecule has 0 spiro atoms. The second kappa shape index (κ2) is 8.85. The third-order valence-electron chi connectivity index (χ3n) is 4.55. The van der Waals surface area contributed by atoms with Gasteiger partial charge in [-0.2, -0.15) is 5.26 Å². The molecular formula is C18H24N2OS. The minimum absolute atomic E-state index is 0.0731. The van der Waals surface area contributed by atoms with Gasteiger partial charge in [0.15, 0.2) is 0 Å². The Morgan fingerprint density at radius 3 is 2.73 bits per heavy atom. The van der Waals surface area contributed by atoms with Gasteiger partial charge in [-0.3, -0.25) is 4.79 Å². The molecule has 1 aromatic rings. The van der Waals surface area contributed by atoms with Crippen LogP contribution in [0.5, 0.6) is 0 Å². The number of amides is 1. The van der Waals surface area contributed by atoms with Crippen molar-refractivity contribution in [1.29, 1.82) is 5.26 Å². The minimum Gasteiger partial charge on any atom is -0.343 e. The molecule has 1 amide bonds. The van der Waals surface area contributed by atoms with Crippen molar-refractivity contribution in [3.8, 4) is 6.07 Å². The fourth-order valence-corrected chi connectivity index (χ4v) is 3.71. The predicted octanol–water partition coefficient (Wildman–Crippen LogP) is 3.79. The lowest BCUT2D eigenvalue weighted by Crippen LogP contribution is -2.37. The van der Waals surface area contributed by atoms with Crippen molar-refractivity contribution in [2.45, 2.75) is 43.4 Å². The summed E-state index contributed by atoms with van der Waals surface area (Å²) in [6.45, 7) is 0.123. The highest BCUT2D eigenvalue weighted by Crippen LogP contribution is 2.33. The third-order valence-corrected chi connectivity index (χ3v) is 5.29. The van der Waals surface area contributed by atoms with Crippen LogP contribution in [0.3, 0.4) is 0 Å². The SMILES string of the molecule is CSc1ccc(CC[C@@H]2CCCC[C@H]2C(=O)NCC#N)cc1. The van der Waals surface area contributed by atoms with Crippen LogP contribution >= 0.6 is 11.8 Å². The highest BCUT2D eigenvalue weighted by molar-refractivity contribution is 7.98. The van der Waals surface area contributed by atoms with Crippen molar-refractivity contribution < 1.29 is 4.79 Å². The average Bonchev–Trinajstić information content (AvgIpc) is 2.58. The van der Waals surface area contributed by atoms with Crippen LogP contribution < -0.4 is 5.32 Å². The van der Waals surface area contributed by atoms with Crippen molar-refractivity contribution >= 4 is 17.7 Å². The second-order valence-electron chi connectivity index (χ2n) is 5.91. The Morgan fingerprint density at radius 1 is 1.32 bits per heavy atom. The molecule has 1 aliphatic carbocycles. The molecule has 0 saturated heterocycles. The number of rotatable bonds is 6. The Labute approximate surface area is 137 Å². The van der Waals surface area contributed by atoms with Gasteiger partial charge in [0, 0.05) is 10.8 Å². The first-order chi connectivity index (χ1) is 10.7. The van der Waals surface area contributed by atoms with Crippen molar-refractivity contribution in [2.75, 3.05) is 12.8 Å². The Kier molecular flexibility index (Phi) is 6.79. The summed E-state index contributed by atoms with van der Waals surface area (Å²) in [4.78, 5) is 13.5. The molecule has 0 heterocycles. The van der Waals surface area contributed by atoms with Crippen LogP contribution in [0.15, 0.2) is 29.2 Å². The van der Waals surface area contributed by atoms with E-state index < -0.39 is 0 Å². The highest BCUT2D eigenvalue weighted by atomic mass is 32.2. The number of aryl methyl sites for hydroxylation is 1. The molecule has 1 saturated carbocycles. The van der Waals surface area contributed by atoms with Crippen LogP contribution in [0.4, 0.5) is 0 Å². The topological polar surface area (TPSA) is 52.9 Å². The first-order valence-electron chi connectivity index (χ1n) is 8.02. The smallest absolute Gasteiger partial charge is 0.224 e. The second-order valence-corrected chi connectivity index (χ2v) is 6.79. The largest absolute Gasteiger partial charge is 0.343 e. The van der Waals surface area contributed by atoms with E-state index in [1.54, 1.807) is 11.8 Å². The zero-order chi connectivity index (χ0) is 15.8. The molecule has 0 bridgehead atoms. The lowest BCUT2D eigenvalue weighted by Gasteiger charge is -2.30. The van der Waals surface area contributed by atoms with Gasteiger partial charge in [0.1, 0.15) is 6.54 Å². The molecule has 0 unspecified atom stereocenters. The van der Waals surface area contributed by atoms with Crippen LogP contribution in [-0.2, 0) is 11.2 Å². The number of benzene rings is 1. The number of carbonyl (C=O) groups is 1. The molecule has 4 heteroatoms. The standard InChI is InChI=1S/C18H24N2OS/c1-22-16-10-7-14(8-11-16)6-9-15-4-2-3-5-17(15)18(21)20-13-12-19/h7-8,10-11,15,17H,2-6,9,13H2,1H3,(H,20,21)/t15-,17+/m0/s1. The molecule has 0 radical (unpaired) electrons. The summed E-state index contributed by atoms with van der Waals surface area (Å²) in [7, 11) is 0. The van der Waals surface area contributed by atoms with E-state index in [9.17, 15) is 4.79 Å². The minimum atomic E-state index is 0.0731. The number of carbonyl (C=O) groups excluding carboxylic acids is 1. The van der Waals surface area contributed by atoms with E-state index in [1.165, 1.54) is 16.9 Å². The van der Waals surface area contributed by atoms with Gasteiger partial charge in [-0.25, -0.2) is 0 Å². The van der Waals surface area contributed by atoms with Gasteiger partial charge in [-0.15, -0.1) is 11.8 Å². The predicted molar refractivity (Wildman–Crippen MR) is 90.6 cm³/mol. The molecule has 0 aliphatic heterocycles. The summed E-state index contributed by atoms with van der Waals surface area (Å²) in [5.41, 5.74) is 1.35. The van der Waals surface area contributed by atoms with Crippen molar-refractivity contribution in [1.82, 2.24) is 5.32 Å². The van der Waals surface area contributed by atoms with E-state index in [4.69, 9.17) is 5.26 Å². The molecule has 1 aliphatic rings. The van der Waals surface area contributed by atoms with Gasteiger partial charge in [0.05, 0.1) is 6.07 Å². The maximum Gasteiger partial charge on any atom is 0.224 e. The quantitative estimate of drug-likeness (QED) is 0.642. The summed E-state index contributed by atoms with van der Waals surface area (Å²) in [5, 5.41) is 11.4. The summed E-state index contributed by atoms with van der Waals surface area (Å²) in [6.07, 6.45) is 8.62. The van der Waals surface area contributed by atoms with E-state index in [0.29, 0.717) is 5.92 Å². The fourth-order valence-electron chi connectivity index (χ4n) is 3.30. The molecule has 22 heavy (non-hydrogen) atoms. The van der Waals surface area contributed by atoms with Crippen molar-refractivity contribution in [3.05, 3.63) is 29.8 Å². The van der Waals surface area contributed by atoms with Gasteiger partial charge < -0.3 is 5.32 Å². The zero-order valence-corrected chi connectivity index (χ0v) is 14.0. The molecular weight excluding hydrogens is 292 g/mol. The molecule has 1 N–H and O–H groups in total. The van der Waals surface area contributed by atoms with Gasteiger partial charge in [0.25, 0.3) is 0 Å². The number of hydrogen-bond donors (Lipinski definition) is 1. The monoisotopic (exact) mass is 316 g/mol. The van der Waals surface area contributed by atoms with E-state index in [-0.39, 0.29) is 18.4 Å². The van der Waals surface area contributed by atoms with E-state index >= 15 is 0 Å². The first kappa shape index (κ1) is 16.9. The van der Waals surface area contributed by atoms with Crippen molar-refractivity contribution in [2.24, 2.45) is 11.8 Å². The Hall–Kier alpha value is -1.47. The normalized spacial score (nSPS) is 21.1. The van der Waals surface area contributed by atoms with E-state index in [0.717, 1.165) is 32.1 Å². The highest BCUT2D eigenvalue weighted by Gasteiger charge is 2.30. The number of nitrogens with zero attached hydrogens (tertiary/aromatic N) is 1. The Morgan fingerprint density at radius 2 is 2.05 bits per heavy atom. The average molecular weight is 316 g/mol. The van der Waals surface area contributed by atoms with Crippen LogP contribution in [0, 0.1) is 23.2 Å². The molecule has 1 aromatic carbocycles. The molecule has 3 nitrogen and oxygen atoms in total. The number of hydrogen-bond acceptors (Lipinski definition) is 3. The van der Waals surface area contributed by atoms with Gasteiger partial charge >= 0.3 is 0 Å². The van der Waals surface area contributed by atoms with Crippen LogP contribution in [0.25, 0.3) is 0 Å². The summed E-state index contributed by atoms with van der Waals surface area (Å²) in [5.74, 6) is 0.615. The molecule has 1 fully saturated rings. The molecule has 2 rings (SSSR count). The summed E-state index contributed by atoms with van der Waals surface area (Å²) in [6, 6.07) is 10.7. The summed E-state index contributed by atoms with van der Waals surface area (Å²) < 4.78 is 0. The Bertz CT molecular complexity index is 521. The number of nitriles is 1. The Balaban J connectivity index is 1.90. The molecule has 2 atom stereocenters. The van der Waals surface area contributed by atoms with Crippen LogP contribution in [0.1, 0.15) is 37.7 Å². The fraction of sp³-hybridized carbons (Fsp3) is 0.556. The maximum atomic E-state index is 12.2. The zero-order valence-electron chi connectivity index (χ0n) is 13.2. The van der Waals surface area contributed by atoms with Gasteiger partial charge in [-0.1, -0.05) is 25.0 Å².